The van der Waals surface area contributed by atoms with Gasteiger partial charge in [0, 0.05) is 35.6 Å². The van der Waals surface area contributed by atoms with Crippen LogP contribution in [0.5, 0.6) is 5.75 Å². The van der Waals surface area contributed by atoms with Crippen LogP contribution in [0.3, 0.4) is 0 Å². The van der Waals surface area contributed by atoms with Gasteiger partial charge in [-0.25, -0.2) is 0 Å². The summed E-state index contributed by atoms with van der Waals surface area (Å²) in [4.78, 5) is 35.0. The first kappa shape index (κ1) is 23.7. The lowest BCUT2D eigenvalue weighted by Gasteiger charge is -2.29. The van der Waals surface area contributed by atoms with Crippen molar-refractivity contribution in [2.24, 2.45) is 4.99 Å². The van der Waals surface area contributed by atoms with Crippen LogP contribution in [0.4, 0.5) is 5.69 Å². The Labute approximate surface area is 210 Å². The van der Waals surface area contributed by atoms with Crippen LogP contribution < -0.4 is 4.74 Å². The number of carbonyl (C=O) groups excluding carboxylic acids is 2. The molecule has 1 aliphatic rings. The Morgan fingerprint density at radius 2 is 1.72 bits per heavy atom. The summed E-state index contributed by atoms with van der Waals surface area (Å²) >= 11 is 0. The highest BCUT2D eigenvalue weighted by atomic mass is 16.5. The van der Waals surface area contributed by atoms with Gasteiger partial charge in [-0.3, -0.25) is 19.5 Å². The van der Waals surface area contributed by atoms with Crippen LogP contribution in [-0.4, -0.2) is 61.6 Å². The number of amides is 2. The van der Waals surface area contributed by atoms with E-state index >= 15 is 0 Å². The molecule has 0 fully saturated rings. The Morgan fingerprint density at radius 3 is 2.47 bits per heavy atom. The maximum Gasteiger partial charge on any atom is 0.262 e. The second-order valence-electron chi connectivity index (χ2n) is 9.27. The van der Waals surface area contributed by atoms with Gasteiger partial charge in [0.05, 0.1) is 17.9 Å². The van der Waals surface area contributed by atoms with Gasteiger partial charge >= 0.3 is 0 Å². The lowest BCUT2D eigenvalue weighted by Crippen LogP contribution is -2.43. The minimum absolute atomic E-state index is 0.236. The molecule has 0 bridgehead atoms. The summed E-state index contributed by atoms with van der Waals surface area (Å²) in [7, 11) is 3.86. The quantitative estimate of drug-likeness (QED) is 0.185. The van der Waals surface area contributed by atoms with Crippen LogP contribution in [0.1, 0.15) is 39.6 Å². The van der Waals surface area contributed by atoms with Crippen molar-refractivity contribution in [2.75, 3.05) is 33.8 Å². The van der Waals surface area contributed by atoms with Crippen molar-refractivity contribution >= 4 is 45.3 Å². The van der Waals surface area contributed by atoms with Crippen molar-refractivity contribution in [3.05, 3.63) is 83.4 Å². The highest BCUT2D eigenvalue weighted by Crippen LogP contribution is 2.38. The Balaban J connectivity index is 1.59. The Morgan fingerprint density at radius 1 is 0.944 bits per heavy atom. The minimum Gasteiger partial charge on any atom is -0.494 e. The van der Waals surface area contributed by atoms with E-state index in [0.717, 1.165) is 45.0 Å². The number of aliphatic imine (C=N–C) groups is 1. The first-order chi connectivity index (χ1) is 17.5. The van der Waals surface area contributed by atoms with Gasteiger partial charge in [-0.05, 0) is 79.3 Å². The van der Waals surface area contributed by atoms with Crippen LogP contribution in [0.25, 0.3) is 21.5 Å². The largest absolute Gasteiger partial charge is 0.494 e. The summed E-state index contributed by atoms with van der Waals surface area (Å²) in [6, 6.07) is 21.3. The van der Waals surface area contributed by atoms with Crippen molar-refractivity contribution < 1.29 is 14.3 Å². The van der Waals surface area contributed by atoms with E-state index in [0.29, 0.717) is 30.8 Å². The number of hydrogen-bond acceptors (Lipinski definition) is 5. The van der Waals surface area contributed by atoms with Gasteiger partial charge in [-0.15, -0.1) is 0 Å². The van der Waals surface area contributed by atoms with Gasteiger partial charge < -0.3 is 9.64 Å². The predicted molar refractivity (Wildman–Crippen MR) is 145 cm³/mol. The van der Waals surface area contributed by atoms with Gasteiger partial charge in [-0.2, -0.15) is 0 Å². The topological polar surface area (TPSA) is 62.2 Å². The highest BCUT2D eigenvalue weighted by Gasteiger charge is 2.34. The lowest BCUT2D eigenvalue weighted by atomic mass is 9.89. The van der Waals surface area contributed by atoms with E-state index in [2.05, 4.69) is 6.92 Å². The molecule has 0 spiro atoms. The number of rotatable bonds is 8. The second-order valence-corrected chi connectivity index (χ2v) is 9.27. The summed E-state index contributed by atoms with van der Waals surface area (Å²) in [5, 5.41) is 3.28. The molecule has 6 heteroatoms. The summed E-state index contributed by atoms with van der Waals surface area (Å²) in [5.74, 6) is 0.354. The van der Waals surface area contributed by atoms with E-state index in [1.165, 1.54) is 4.90 Å². The molecular weight excluding hydrogens is 450 g/mol. The number of likely N-dealkylation sites (N-methyl/N-ethyl adjacent to an activating group) is 1. The van der Waals surface area contributed by atoms with Crippen molar-refractivity contribution in [3.8, 4) is 5.75 Å². The molecule has 6 nitrogen and oxygen atoms in total. The third kappa shape index (κ3) is 4.36. The number of benzene rings is 4. The summed E-state index contributed by atoms with van der Waals surface area (Å²) in [6.07, 6.45) is 2.78. The van der Waals surface area contributed by atoms with Crippen molar-refractivity contribution in [1.82, 2.24) is 9.80 Å². The van der Waals surface area contributed by atoms with E-state index in [1.54, 1.807) is 0 Å². The van der Waals surface area contributed by atoms with Crippen molar-refractivity contribution in [2.45, 2.75) is 13.3 Å². The van der Waals surface area contributed by atoms with Crippen LogP contribution >= 0.6 is 0 Å². The average molecular weight is 480 g/mol. The molecule has 1 heterocycles. The molecule has 5 rings (SSSR count). The number of imide groups is 1. The molecule has 0 saturated carbocycles. The van der Waals surface area contributed by atoms with Gasteiger partial charge in [-0.1, -0.05) is 31.2 Å². The molecule has 182 valence electrons. The van der Waals surface area contributed by atoms with Gasteiger partial charge in [0.2, 0.25) is 0 Å². The Bertz CT molecular complexity index is 1490. The van der Waals surface area contributed by atoms with Crippen LogP contribution in [0.15, 0.2) is 71.7 Å². The molecule has 0 atom stereocenters. The summed E-state index contributed by atoms with van der Waals surface area (Å²) in [5.41, 5.74) is 2.87. The Kier molecular flexibility index (Phi) is 6.53. The first-order valence-corrected chi connectivity index (χ1v) is 12.2. The number of carbonyl (C=O) groups is 2. The highest BCUT2D eigenvalue weighted by molar-refractivity contribution is 6.31. The molecule has 0 aromatic heterocycles. The molecule has 0 unspecified atom stereocenters. The summed E-state index contributed by atoms with van der Waals surface area (Å²) < 4.78 is 5.66. The van der Waals surface area contributed by atoms with Crippen molar-refractivity contribution in [1.29, 1.82) is 0 Å². The van der Waals surface area contributed by atoms with E-state index in [-0.39, 0.29) is 11.8 Å². The molecular formula is C30H29N3O3. The van der Waals surface area contributed by atoms with E-state index in [4.69, 9.17) is 9.73 Å². The van der Waals surface area contributed by atoms with Crippen LogP contribution in [0.2, 0.25) is 0 Å². The second kappa shape index (κ2) is 9.91. The van der Waals surface area contributed by atoms with E-state index < -0.39 is 0 Å². The molecule has 0 saturated heterocycles. The molecule has 1 aliphatic heterocycles. The molecule has 0 aliphatic carbocycles. The molecule has 0 radical (unpaired) electrons. The molecule has 36 heavy (non-hydrogen) atoms. The normalized spacial score (nSPS) is 13.5. The fraction of sp³-hybridized carbons (Fsp3) is 0.233. The van der Waals surface area contributed by atoms with Gasteiger partial charge in [0.25, 0.3) is 11.8 Å². The van der Waals surface area contributed by atoms with E-state index in [1.807, 2.05) is 91.9 Å². The molecule has 0 N–H and O–H groups in total. The van der Waals surface area contributed by atoms with E-state index in [9.17, 15) is 9.59 Å². The van der Waals surface area contributed by atoms with Crippen LogP contribution in [-0.2, 0) is 0 Å². The summed E-state index contributed by atoms with van der Waals surface area (Å²) in [6.45, 7) is 3.71. The lowest BCUT2D eigenvalue weighted by molar-refractivity contribution is 0.0602. The Hall–Kier alpha value is -4.03. The number of ether oxygens (including phenoxy) is 1. The fourth-order valence-corrected chi connectivity index (χ4v) is 4.59. The average Bonchev–Trinajstić information content (AvgIpc) is 2.88. The smallest absolute Gasteiger partial charge is 0.262 e. The predicted octanol–water partition coefficient (Wildman–Crippen LogP) is 5.69. The molecule has 4 aromatic rings. The molecule has 2 amide bonds. The van der Waals surface area contributed by atoms with Crippen LogP contribution in [0, 0.1) is 0 Å². The number of nitrogens with zero attached hydrogens (tertiary/aromatic N) is 3. The third-order valence-electron chi connectivity index (χ3n) is 6.41. The van der Waals surface area contributed by atoms with Gasteiger partial charge in [0.15, 0.2) is 0 Å². The third-order valence-corrected chi connectivity index (χ3v) is 6.41. The zero-order valence-corrected chi connectivity index (χ0v) is 20.8. The fourth-order valence-electron chi connectivity index (χ4n) is 4.59. The molecule has 4 aromatic carbocycles. The standard InChI is InChI=1S/C30H29N3O3/c1-4-17-36-22-13-11-20(12-14-22)19-31-26-10-6-8-23-25(26)18-21-7-5-9-24-27(21)28(23)30(35)33(29(24)34)16-15-32(2)3/h5-14,18-19H,4,15-17H2,1-3H3. The monoisotopic (exact) mass is 479 g/mol. The first-order valence-electron chi connectivity index (χ1n) is 12.2. The number of hydrogen-bond donors (Lipinski definition) is 0. The maximum absolute atomic E-state index is 13.7. The zero-order chi connectivity index (χ0) is 25.2. The van der Waals surface area contributed by atoms with Crippen molar-refractivity contribution in [3.63, 3.8) is 0 Å². The minimum atomic E-state index is -0.250. The number of fused-ring (bicyclic) bond motifs is 2. The maximum atomic E-state index is 13.7. The SMILES string of the molecule is CCCOc1ccc(C=Nc2cccc3c4c5c(cccc5cc23)C(=O)N(CCN(C)C)C4=O)cc1. The van der Waals surface area contributed by atoms with Gasteiger partial charge in [0.1, 0.15) is 5.75 Å². The zero-order valence-electron chi connectivity index (χ0n) is 20.8.